The molecule has 9 aromatic carbocycles. The van der Waals surface area contributed by atoms with Crippen LogP contribution < -0.4 is 0 Å². The summed E-state index contributed by atoms with van der Waals surface area (Å²) in [6.45, 7) is 0. The summed E-state index contributed by atoms with van der Waals surface area (Å²) in [5, 5.41) is 8.87. The average Bonchev–Trinajstić information content (AvgIpc) is 3.93. The van der Waals surface area contributed by atoms with Crippen molar-refractivity contribution in [3.63, 3.8) is 0 Å². The van der Waals surface area contributed by atoms with Crippen molar-refractivity contribution in [2.75, 3.05) is 0 Å². The summed E-state index contributed by atoms with van der Waals surface area (Å²) in [5.74, 6) is 1.71. The van der Waals surface area contributed by atoms with E-state index in [9.17, 15) is 0 Å². The van der Waals surface area contributed by atoms with E-state index in [1.54, 1.807) is 23.7 Å². The van der Waals surface area contributed by atoms with Crippen LogP contribution in [0.4, 0.5) is 0 Å². The van der Waals surface area contributed by atoms with Gasteiger partial charge in [-0.2, -0.15) is 0 Å². The molecule has 0 saturated heterocycles. The molecule has 0 amide bonds. The number of rotatable bonds is 6. The van der Waals surface area contributed by atoms with Crippen molar-refractivity contribution < 1.29 is 4.42 Å². The molecule has 0 saturated carbocycles. The Balaban J connectivity index is 0.975. The largest absolute Gasteiger partial charge is 0.455 e. The molecular weight excluding hydrogens is 803 g/mol. The highest BCUT2D eigenvalue weighted by Crippen LogP contribution is 2.41. The van der Waals surface area contributed by atoms with Gasteiger partial charge in [0.05, 0.1) is 17.0 Å². The smallest absolute Gasteiger partial charge is 0.167 e. The molecule has 0 aliphatic rings. The zero-order valence-corrected chi connectivity index (χ0v) is 34.9. The maximum absolute atomic E-state index is 6.76. The van der Waals surface area contributed by atoms with Gasteiger partial charge in [-0.15, -0.1) is 11.3 Å². The fourth-order valence-corrected chi connectivity index (χ4v) is 10.2. The summed E-state index contributed by atoms with van der Waals surface area (Å²) in [7, 11) is 0. The van der Waals surface area contributed by atoms with Crippen molar-refractivity contribution >= 4 is 75.0 Å². The highest BCUT2D eigenvalue weighted by atomic mass is 32.1. The molecule has 298 valence electrons. The van der Waals surface area contributed by atoms with Gasteiger partial charge in [-0.25, -0.2) is 15.0 Å². The van der Waals surface area contributed by atoms with E-state index in [-0.39, 0.29) is 0 Å². The molecule has 0 radical (unpaired) electrons. The van der Waals surface area contributed by atoms with E-state index in [0.717, 1.165) is 77.1 Å². The Morgan fingerprint density at radius 1 is 0.344 bits per heavy atom. The molecule has 64 heavy (non-hydrogen) atoms. The lowest BCUT2D eigenvalue weighted by Crippen LogP contribution is -2.00. The first-order chi connectivity index (χ1) is 31.7. The predicted octanol–water partition coefficient (Wildman–Crippen LogP) is 15.2. The van der Waals surface area contributed by atoms with Crippen LogP contribution >= 0.6 is 11.3 Å². The van der Waals surface area contributed by atoms with Gasteiger partial charge in [0.2, 0.25) is 0 Å². The second kappa shape index (κ2) is 14.6. The molecule has 4 heterocycles. The number of thiophene rings is 1. The first-order valence-corrected chi connectivity index (χ1v) is 22.0. The third-order valence-electron chi connectivity index (χ3n) is 12.2. The lowest BCUT2D eigenvalue weighted by molar-refractivity contribution is 0.669. The van der Waals surface area contributed by atoms with Gasteiger partial charge in [-0.05, 0) is 93.3 Å². The lowest BCUT2D eigenvalue weighted by atomic mass is 9.97. The molecular formula is C57H33N5OS. The van der Waals surface area contributed by atoms with E-state index in [4.69, 9.17) is 29.3 Å². The van der Waals surface area contributed by atoms with Gasteiger partial charge in [0.25, 0.3) is 0 Å². The van der Waals surface area contributed by atoms with E-state index < -0.39 is 0 Å². The van der Waals surface area contributed by atoms with Gasteiger partial charge in [0.15, 0.2) is 17.5 Å². The SMILES string of the molecule is c1ccc(-c2ccc3sc4ccc(-c5nc(-c6ccc7ccccc7c6)nc(-c6cccc7c6oc6ccc(-c8nccnc8-c8cccc9ccccc89)cc67)n5)cc4c3c2)cc1. The van der Waals surface area contributed by atoms with Crippen LogP contribution in [0, 0.1) is 0 Å². The van der Waals surface area contributed by atoms with Gasteiger partial charge in [0.1, 0.15) is 11.2 Å². The number of benzene rings is 9. The molecule has 0 aliphatic carbocycles. The van der Waals surface area contributed by atoms with Crippen molar-refractivity contribution in [3.05, 3.63) is 200 Å². The topological polar surface area (TPSA) is 77.6 Å². The molecule has 13 aromatic rings. The minimum absolute atomic E-state index is 0.534. The van der Waals surface area contributed by atoms with Crippen LogP contribution in [-0.2, 0) is 0 Å². The molecule has 0 N–H and O–H groups in total. The quantitative estimate of drug-likeness (QED) is 0.166. The van der Waals surface area contributed by atoms with Crippen molar-refractivity contribution in [1.82, 2.24) is 24.9 Å². The Morgan fingerprint density at radius 2 is 0.938 bits per heavy atom. The standard InChI is InChI=1S/C57H33N5OS/c1-2-10-34(11-3-1)38-23-26-50-47(31-38)48-33-41(24-27-51(48)64-50)56-60-55(40-21-20-35-12-4-5-14-37(35)30-40)61-57(62-56)45-19-9-18-44-46-32-39(22-25-49(46)63-54(44)45)52-53(59-29-28-58-52)43-17-8-15-36-13-6-7-16-42(36)43/h1-33H. The second-order valence-electron chi connectivity index (χ2n) is 16.0. The number of para-hydroxylation sites is 1. The van der Waals surface area contributed by atoms with Gasteiger partial charge < -0.3 is 4.42 Å². The molecule has 13 rings (SSSR count). The molecule has 0 atom stereocenters. The lowest BCUT2D eigenvalue weighted by Gasteiger charge is -2.10. The van der Waals surface area contributed by atoms with E-state index in [2.05, 4.69) is 176 Å². The van der Waals surface area contributed by atoms with Gasteiger partial charge in [0, 0.05) is 65.6 Å². The van der Waals surface area contributed by atoms with E-state index in [1.807, 2.05) is 12.1 Å². The molecule has 0 aliphatic heterocycles. The first kappa shape index (κ1) is 36.3. The van der Waals surface area contributed by atoms with Crippen molar-refractivity contribution in [2.24, 2.45) is 0 Å². The normalized spacial score (nSPS) is 11.8. The molecule has 0 fully saturated rings. The summed E-state index contributed by atoms with van der Waals surface area (Å²) >= 11 is 1.80. The van der Waals surface area contributed by atoms with Crippen LogP contribution in [0.15, 0.2) is 205 Å². The third-order valence-corrected chi connectivity index (χ3v) is 13.4. The Kier molecular flexibility index (Phi) is 8.29. The summed E-state index contributed by atoms with van der Waals surface area (Å²) in [6.07, 6.45) is 3.52. The van der Waals surface area contributed by atoms with Gasteiger partial charge in [-0.3, -0.25) is 9.97 Å². The fraction of sp³-hybridized carbons (Fsp3) is 0. The molecule has 0 bridgehead atoms. The van der Waals surface area contributed by atoms with E-state index in [1.165, 1.54) is 31.3 Å². The van der Waals surface area contributed by atoms with Gasteiger partial charge in [-0.1, -0.05) is 127 Å². The number of hydrogen-bond donors (Lipinski definition) is 0. The molecule has 7 heteroatoms. The van der Waals surface area contributed by atoms with Crippen LogP contribution in [-0.4, -0.2) is 24.9 Å². The number of furan rings is 1. The Hall–Kier alpha value is -8.39. The van der Waals surface area contributed by atoms with Crippen LogP contribution in [0.2, 0.25) is 0 Å². The molecule has 4 aromatic heterocycles. The summed E-state index contributed by atoms with van der Waals surface area (Å²) in [6, 6.07) is 65.7. The maximum atomic E-state index is 6.76. The van der Waals surface area contributed by atoms with Crippen molar-refractivity contribution in [2.45, 2.75) is 0 Å². The highest BCUT2D eigenvalue weighted by Gasteiger charge is 2.21. The number of fused-ring (bicyclic) bond motifs is 8. The van der Waals surface area contributed by atoms with Crippen LogP contribution in [0.5, 0.6) is 0 Å². The van der Waals surface area contributed by atoms with Crippen LogP contribution in [0.1, 0.15) is 0 Å². The summed E-state index contributed by atoms with van der Waals surface area (Å²) < 4.78 is 9.21. The number of aromatic nitrogens is 5. The minimum Gasteiger partial charge on any atom is -0.455 e. The third kappa shape index (κ3) is 6.05. The number of hydrogen-bond acceptors (Lipinski definition) is 7. The zero-order valence-electron chi connectivity index (χ0n) is 34.1. The zero-order chi connectivity index (χ0) is 42.1. The Bertz CT molecular complexity index is 3980. The first-order valence-electron chi connectivity index (χ1n) is 21.2. The minimum atomic E-state index is 0.534. The maximum Gasteiger partial charge on any atom is 0.167 e. The Morgan fingerprint density at radius 3 is 1.78 bits per heavy atom. The monoisotopic (exact) mass is 835 g/mol. The van der Waals surface area contributed by atoms with Crippen LogP contribution in [0.3, 0.4) is 0 Å². The summed E-state index contributed by atoms with van der Waals surface area (Å²) in [5.41, 5.74) is 10.1. The van der Waals surface area contributed by atoms with Crippen molar-refractivity contribution in [1.29, 1.82) is 0 Å². The predicted molar refractivity (Wildman–Crippen MR) is 263 cm³/mol. The van der Waals surface area contributed by atoms with E-state index >= 15 is 0 Å². The Labute approximate surface area is 370 Å². The second-order valence-corrected chi connectivity index (χ2v) is 17.1. The van der Waals surface area contributed by atoms with Crippen molar-refractivity contribution in [3.8, 4) is 67.8 Å². The van der Waals surface area contributed by atoms with E-state index in [0.29, 0.717) is 23.1 Å². The van der Waals surface area contributed by atoms with Crippen LogP contribution in [0.25, 0.3) is 131 Å². The fourth-order valence-electron chi connectivity index (χ4n) is 9.11. The summed E-state index contributed by atoms with van der Waals surface area (Å²) in [4.78, 5) is 25.4. The molecule has 6 nitrogen and oxygen atoms in total. The highest BCUT2D eigenvalue weighted by molar-refractivity contribution is 7.25. The van der Waals surface area contributed by atoms with Gasteiger partial charge >= 0.3 is 0 Å². The molecule has 0 unspecified atom stereocenters. The number of nitrogens with zero attached hydrogens (tertiary/aromatic N) is 5. The molecule has 0 spiro atoms. The average molecular weight is 836 g/mol.